The standard InChI is InChI=1S/C11H18N2O2S/c1-12-8-3-9-13-10-4-6-11(7-5-10)16(2,14)15/h4-7,12-13H,3,8-9H2,1-2H3. The Morgan fingerprint density at radius 2 is 1.75 bits per heavy atom. The average Bonchev–Trinajstić information content (AvgIpc) is 2.24. The molecule has 1 aromatic rings. The minimum absolute atomic E-state index is 0.355. The van der Waals surface area contributed by atoms with Crippen LogP contribution in [0, 0.1) is 0 Å². The van der Waals surface area contributed by atoms with Crippen LogP contribution >= 0.6 is 0 Å². The molecule has 1 rings (SSSR count). The summed E-state index contributed by atoms with van der Waals surface area (Å²) >= 11 is 0. The first-order chi connectivity index (χ1) is 7.54. The van der Waals surface area contributed by atoms with Crippen molar-refractivity contribution in [1.29, 1.82) is 0 Å². The van der Waals surface area contributed by atoms with E-state index in [-0.39, 0.29) is 0 Å². The molecule has 0 aliphatic rings. The second-order valence-corrected chi connectivity index (χ2v) is 5.70. The van der Waals surface area contributed by atoms with E-state index in [0.717, 1.165) is 25.2 Å². The van der Waals surface area contributed by atoms with Crippen LogP contribution in [0.5, 0.6) is 0 Å². The molecule has 0 aliphatic carbocycles. The lowest BCUT2D eigenvalue weighted by molar-refractivity contribution is 0.602. The fourth-order valence-electron chi connectivity index (χ4n) is 1.32. The van der Waals surface area contributed by atoms with E-state index >= 15 is 0 Å². The predicted molar refractivity (Wildman–Crippen MR) is 66.6 cm³/mol. The highest BCUT2D eigenvalue weighted by Gasteiger charge is 2.05. The fraction of sp³-hybridized carbons (Fsp3) is 0.455. The van der Waals surface area contributed by atoms with Crippen LogP contribution in [0.3, 0.4) is 0 Å². The minimum atomic E-state index is -3.09. The van der Waals surface area contributed by atoms with Crippen molar-refractivity contribution in [3.63, 3.8) is 0 Å². The summed E-state index contributed by atoms with van der Waals surface area (Å²) < 4.78 is 22.4. The molecular formula is C11H18N2O2S. The minimum Gasteiger partial charge on any atom is -0.385 e. The molecule has 0 unspecified atom stereocenters. The number of sulfone groups is 1. The smallest absolute Gasteiger partial charge is 0.175 e. The number of benzene rings is 1. The van der Waals surface area contributed by atoms with Crippen LogP contribution in [0.15, 0.2) is 29.2 Å². The zero-order valence-electron chi connectivity index (χ0n) is 9.66. The van der Waals surface area contributed by atoms with E-state index < -0.39 is 9.84 Å². The summed E-state index contributed by atoms with van der Waals surface area (Å²) in [5.74, 6) is 0. The second-order valence-electron chi connectivity index (χ2n) is 3.68. The van der Waals surface area contributed by atoms with Crippen molar-refractivity contribution in [1.82, 2.24) is 5.32 Å². The van der Waals surface area contributed by atoms with Crippen LogP contribution in [0.25, 0.3) is 0 Å². The van der Waals surface area contributed by atoms with E-state index in [1.54, 1.807) is 24.3 Å². The van der Waals surface area contributed by atoms with E-state index in [4.69, 9.17) is 0 Å². The summed E-state index contributed by atoms with van der Waals surface area (Å²) in [5.41, 5.74) is 0.948. The highest BCUT2D eigenvalue weighted by molar-refractivity contribution is 7.90. The summed E-state index contributed by atoms with van der Waals surface area (Å²) in [6, 6.07) is 6.82. The summed E-state index contributed by atoms with van der Waals surface area (Å²) in [5, 5.41) is 6.29. The molecule has 0 radical (unpaired) electrons. The fourth-order valence-corrected chi connectivity index (χ4v) is 1.95. The van der Waals surface area contributed by atoms with Crippen molar-refractivity contribution in [2.75, 3.05) is 31.7 Å². The van der Waals surface area contributed by atoms with E-state index in [0.29, 0.717) is 4.90 Å². The third-order valence-corrected chi connectivity index (χ3v) is 3.34. The van der Waals surface area contributed by atoms with Gasteiger partial charge in [-0.2, -0.15) is 0 Å². The van der Waals surface area contributed by atoms with Crippen molar-refractivity contribution < 1.29 is 8.42 Å². The van der Waals surface area contributed by atoms with Gasteiger partial charge in [0.05, 0.1) is 4.90 Å². The van der Waals surface area contributed by atoms with Gasteiger partial charge in [-0.05, 0) is 44.3 Å². The Labute approximate surface area is 97.0 Å². The first kappa shape index (κ1) is 13.0. The van der Waals surface area contributed by atoms with Crippen LogP contribution in [-0.4, -0.2) is 34.8 Å². The van der Waals surface area contributed by atoms with Crippen LogP contribution < -0.4 is 10.6 Å². The maximum atomic E-state index is 11.2. The summed E-state index contributed by atoms with van der Waals surface area (Å²) in [4.78, 5) is 0.355. The van der Waals surface area contributed by atoms with Gasteiger partial charge >= 0.3 is 0 Å². The van der Waals surface area contributed by atoms with Gasteiger partial charge in [0.15, 0.2) is 9.84 Å². The maximum Gasteiger partial charge on any atom is 0.175 e. The zero-order valence-corrected chi connectivity index (χ0v) is 10.5. The van der Waals surface area contributed by atoms with E-state index in [1.165, 1.54) is 6.26 Å². The monoisotopic (exact) mass is 242 g/mol. The highest BCUT2D eigenvalue weighted by Crippen LogP contribution is 2.13. The highest BCUT2D eigenvalue weighted by atomic mass is 32.2. The Hall–Kier alpha value is -1.07. The maximum absolute atomic E-state index is 11.2. The Morgan fingerprint density at radius 1 is 1.12 bits per heavy atom. The van der Waals surface area contributed by atoms with Crippen LogP contribution in [0.4, 0.5) is 5.69 Å². The first-order valence-electron chi connectivity index (χ1n) is 5.22. The molecule has 0 saturated heterocycles. The molecule has 0 atom stereocenters. The van der Waals surface area contributed by atoms with E-state index in [2.05, 4.69) is 10.6 Å². The van der Waals surface area contributed by atoms with Gasteiger partial charge in [0.25, 0.3) is 0 Å². The molecule has 0 aliphatic heterocycles. The lowest BCUT2D eigenvalue weighted by Crippen LogP contribution is -2.12. The van der Waals surface area contributed by atoms with Crippen LogP contribution in [0.2, 0.25) is 0 Å². The Bertz CT molecular complexity index is 412. The van der Waals surface area contributed by atoms with Gasteiger partial charge in [0.2, 0.25) is 0 Å². The van der Waals surface area contributed by atoms with Gasteiger partial charge < -0.3 is 10.6 Å². The van der Waals surface area contributed by atoms with Gasteiger partial charge in [0.1, 0.15) is 0 Å². The molecular weight excluding hydrogens is 224 g/mol. The van der Waals surface area contributed by atoms with Crippen molar-refractivity contribution in [3.05, 3.63) is 24.3 Å². The van der Waals surface area contributed by atoms with E-state index in [9.17, 15) is 8.42 Å². The van der Waals surface area contributed by atoms with Crippen molar-refractivity contribution >= 4 is 15.5 Å². The lowest BCUT2D eigenvalue weighted by atomic mass is 10.3. The van der Waals surface area contributed by atoms with Gasteiger partial charge in [0, 0.05) is 18.5 Å². The quantitative estimate of drug-likeness (QED) is 0.734. The number of anilines is 1. The molecule has 2 N–H and O–H groups in total. The summed E-state index contributed by atoms with van der Waals surface area (Å²) in [6.07, 6.45) is 2.24. The first-order valence-corrected chi connectivity index (χ1v) is 7.12. The Kier molecular flexibility index (Phi) is 4.76. The molecule has 4 nitrogen and oxygen atoms in total. The lowest BCUT2D eigenvalue weighted by Gasteiger charge is -2.06. The number of hydrogen-bond acceptors (Lipinski definition) is 4. The Morgan fingerprint density at radius 3 is 2.25 bits per heavy atom. The molecule has 5 heteroatoms. The molecule has 90 valence electrons. The summed E-state index contributed by atoms with van der Waals surface area (Å²) in [7, 11) is -1.17. The van der Waals surface area contributed by atoms with E-state index in [1.807, 2.05) is 7.05 Å². The van der Waals surface area contributed by atoms with Crippen molar-refractivity contribution in [2.24, 2.45) is 0 Å². The molecule has 0 amide bonds. The molecule has 0 bridgehead atoms. The third kappa shape index (κ3) is 4.20. The van der Waals surface area contributed by atoms with Crippen molar-refractivity contribution in [3.8, 4) is 0 Å². The van der Waals surface area contributed by atoms with Crippen LogP contribution in [-0.2, 0) is 9.84 Å². The molecule has 0 spiro atoms. The average molecular weight is 242 g/mol. The largest absolute Gasteiger partial charge is 0.385 e. The topological polar surface area (TPSA) is 58.2 Å². The SMILES string of the molecule is CNCCCNc1ccc(S(C)(=O)=O)cc1. The van der Waals surface area contributed by atoms with Gasteiger partial charge in [-0.25, -0.2) is 8.42 Å². The van der Waals surface area contributed by atoms with Gasteiger partial charge in [-0.15, -0.1) is 0 Å². The predicted octanol–water partition coefficient (Wildman–Crippen LogP) is 1.11. The normalized spacial score (nSPS) is 11.4. The molecule has 1 aromatic carbocycles. The molecule has 0 aromatic heterocycles. The van der Waals surface area contributed by atoms with Gasteiger partial charge in [-0.1, -0.05) is 0 Å². The van der Waals surface area contributed by atoms with Crippen LogP contribution in [0.1, 0.15) is 6.42 Å². The Balaban J connectivity index is 2.52. The second kappa shape index (κ2) is 5.86. The zero-order chi connectivity index (χ0) is 12.0. The number of nitrogens with one attached hydrogen (secondary N) is 2. The summed E-state index contributed by atoms with van der Waals surface area (Å²) in [6.45, 7) is 1.84. The molecule has 0 fully saturated rings. The number of rotatable bonds is 6. The van der Waals surface area contributed by atoms with Crippen molar-refractivity contribution in [2.45, 2.75) is 11.3 Å². The third-order valence-electron chi connectivity index (χ3n) is 2.22. The molecule has 16 heavy (non-hydrogen) atoms. The molecule has 0 saturated carbocycles. The van der Waals surface area contributed by atoms with Gasteiger partial charge in [-0.3, -0.25) is 0 Å². The molecule has 0 heterocycles. The number of hydrogen-bond donors (Lipinski definition) is 2.